The van der Waals surface area contributed by atoms with Crippen LogP contribution in [0.4, 0.5) is 0 Å². The molecule has 1 aromatic carbocycles. The van der Waals surface area contributed by atoms with Crippen LogP contribution < -0.4 is 5.32 Å². The molecule has 1 aliphatic rings. The first-order valence-corrected chi connectivity index (χ1v) is 9.20. The maximum Gasteiger partial charge on any atom is 0.230 e. The fraction of sp³-hybridized carbons (Fsp3) is 0.611. The highest BCUT2D eigenvalue weighted by Crippen LogP contribution is 2.24. The topological polar surface area (TPSA) is 29.1 Å². The maximum atomic E-state index is 12.0. The second-order valence-corrected chi connectivity index (χ2v) is 7.46. The molecule has 1 amide bonds. The van der Waals surface area contributed by atoms with Gasteiger partial charge in [0, 0.05) is 0 Å². The van der Waals surface area contributed by atoms with E-state index >= 15 is 0 Å². The lowest BCUT2D eigenvalue weighted by atomic mass is 9.89. The molecule has 21 heavy (non-hydrogen) atoms. The second-order valence-electron chi connectivity index (χ2n) is 6.43. The zero-order valence-electron chi connectivity index (χ0n) is 13.4. The van der Waals surface area contributed by atoms with Crippen LogP contribution in [0.1, 0.15) is 56.3 Å². The van der Waals surface area contributed by atoms with Crippen molar-refractivity contribution in [3.8, 4) is 0 Å². The van der Waals surface area contributed by atoms with Crippen molar-refractivity contribution in [1.82, 2.24) is 5.32 Å². The molecule has 0 heterocycles. The Hall–Kier alpha value is -0.960. The lowest BCUT2D eigenvalue weighted by molar-refractivity contribution is -0.119. The summed E-state index contributed by atoms with van der Waals surface area (Å²) in [5.41, 5.74) is 4.21. The van der Waals surface area contributed by atoms with Gasteiger partial charge in [0.25, 0.3) is 0 Å². The predicted octanol–water partition coefficient (Wildman–Crippen LogP) is 4.13. The molecule has 1 atom stereocenters. The number of amides is 1. The summed E-state index contributed by atoms with van der Waals surface area (Å²) in [6.07, 6.45) is 5.00. The van der Waals surface area contributed by atoms with E-state index in [0.717, 1.165) is 5.75 Å². The van der Waals surface area contributed by atoms with E-state index in [4.69, 9.17) is 0 Å². The standard InChI is InChI=1S/C18H27NOS/c1-13(2)11-21-12-18(20)19-14(3)16-9-8-15-6-4-5-7-17(15)10-16/h8-10,13-14H,4-7,11-12H2,1-3H3,(H,19,20). The average molecular weight is 305 g/mol. The van der Waals surface area contributed by atoms with E-state index in [2.05, 4.69) is 44.3 Å². The number of hydrogen-bond acceptors (Lipinski definition) is 2. The minimum absolute atomic E-state index is 0.101. The van der Waals surface area contributed by atoms with Crippen molar-refractivity contribution in [2.24, 2.45) is 5.92 Å². The van der Waals surface area contributed by atoms with Crippen molar-refractivity contribution < 1.29 is 4.79 Å². The summed E-state index contributed by atoms with van der Waals surface area (Å²) in [6.45, 7) is 6.44. The lowest BCUT2D eigenvalue weighted by Crippen LogP contribution is -2.28. The van der Waals surface area contributed by atoms with E-state index in [0.29, 0.717) is 11.7 Å². The van der Waals surface area contributed by atoms with Crippen molar-refractivity contribution in [3.63, 3.8) is 0 Å². The molecule has 0 radical (unpaired) electrons. The van der Waals surface area contributed by atoms with E-state index < -0.39 is 0 Å². The summed E-state index contributed by atoms with van der Waals surface area (Å²) in [6, 6.07) is 6.82. The molecule has 0 saturated carbocycles. The minimum Gasteiger partial charge on any atom is -0.349 e. The molecule has 2 nitrogen and oxygen atoms in total. The smallest absolute Gasteiger partial charge is 0.230 e. The fourth-order valence-electron chi connectivity index (χ4n) is 2.78. The van der Waals surface area contributed by atoms with Gasteiger partial charge in [-0.2, -0.15) is 11.8 Å². The normalized spacial score (nSPS) is 15.6. The van der Waals surface area contributed by atoms with Crippen LogP contribution in [-0.2, 0) is 17.6 Å². The summed E-state index contributed by atoms with van der Waals surface area (Å²) in [4.78, 5) is 12.0. The van der Waals surface area contributed by atoms with Crippen LogP contribution in [0.5, 0.6) is 0 Å². The highest BCUT2D eigenvalue weighted by Gasteiger charge is 2.14. The molecule has 116 valence electrons. The van der Waals surface area contributed by atoms with Gasteiger partial charge >= 0.3 is 0 Å². The van der Waals surface area contributed by atoms with Gasteiger partial charge in [0.2, 0.25) is 5.91 Å². The van der Waals surface area contributed by atoms with Gasteiger partial charge in [-0.15, -0.1) is 0 Å². The fourth-order valence-corrected chi connectivity index (χ4v) is 3.63. The van der Waals surface area contributed by atoms with Crippen LogP contribution in [0.2, 0.25) is 0 Å². The Bertz CT molecular complexity index is 484. The quantitative estimate of drug-likeness (QED) is 0.856. The van der Waals surface area contributed by atoms with Gasteiger partial charge in [0.05, 0.1) is 11.8 Å². The number of fused-ring (bicyclic) bond motifs is 1. The van der Waals surface area contributed by atoms with E-state index in [1.54, 1.807) is 11.8 Å². The van der Waals surface area contributed by atoms with Gasteiger partial charge in [-0.3, -0.25) is 4.79 Å². The van der Waals surface area contributed by atoms with Crippen molar-refractivity contribution in [2.75, 3.05) is 11.5 Å². The van der Waals surface area contributed by atoms with Crippen LogP contribution in [0.25, 0.3) is 0 Å². The van der Waals surface area contributed by atoms with E-state index in [-0.39, 0.29) is 11.9 Å². The largest absolute Gasteiger partial charge is 0.349 e. The first-order chi connectivity index (χ1) is 10.1. The van der Waals surface area contributed by atoms with Gasteiger partial charge in [-0.05, 0) is 61.0 Å². The number of hydrogen-bond donors (Lipinski definition) is 1. The third-order valence-corrected chi connectivity index (χ3v) is 5.30. The number of thioether (sulfide) groups is 1. The molecule has 1 aliphatic carbocycles. The third-order valence-electron chi connectivity index (χ3n) is 3.93. The first-order valence-electron chi connectivity index (χ1n) is 8.05. The Morgan fingerprint density at radius 1 is 1.19 bits per heavy atom. The molecular weight excluding hydrogens is 278 g/mol. The molecule has 1 N–H and O–H groups in total. The van der Waals surface area contributed by atoms with Gasteiger partial charge in [-0.1, -0.05) is 32.0 Å². The molecule has 3 heteroatoms. The summed E-state index contributed by atoms with van der Waals surface area (Å²) in [7, 11) is 0. The molecule has 0 fully saturated rings. The van der Waals surface area contributed by atoms with Gasteiger partial charge in [0.1, 0.15) is 0 Å². The number of aryl methyl sites for hydroxylation is 2. The molecule has 0 aliphatic heterocycles. The van der Waals surface area contributed by atoms with Gasteiger partial charge < -0.3 is 5.32 Å². The maximum absolute atomic E-state index is 12.0. The summed E-state index contributed by atoms with van der Waals surface area (Å²) < 4.78 is 0. The summed E-state index contributed by atoms with van der Waals surface area (Å²) >= 11 is 1.72. The summed E-state index contributed by atoms with van der Waals surface area (Å²) in [5, 5.41) is 3.12. The van der Waals surface area contributed by atoms with Crippen molar-refractivity contribution in [2.45, 2.75) is 52.5 Å². The zero-order chi connectivity index (χ0) is 15.2. The van der Waals surface area contributed by atoms with Crippen LogP contribution in [-0.4, -0.2) is 17.4 Å². The Balaban J connectivity index is 1.88. The number of carbonyl (C=O) groups is 1. The molecule has 2 rings (SSSR count). The van der Waals surface area contributed by atoms with E-state index in [9.17, 15) is 4.79 Å². The zero-order valence-corrected chi connectivity index (χ0v) is 14.3. The van der Waals surface area contributed by atoms with Crippen LogP contribution in [0, 0.1) is 5.92 Å². The Morgan fingerprint density at radius 2 is 1.90 bits per heavy atom. The molecular formula is C18H27NOS. The Kier molecular flexibility index (Phi) is 6.16. The van der Waals surface area contributed by atoms with E-state index in [1.807, 2.05) is 0 Å². The number of carbonyl (C=O) groups excluding carboxylic acids is 1. The van der Waals surface area contributed by atoms with Gasteiger partial charge in [0.15, 0.2) is 0 Å². The molecule has 0 bridgehead atoms. The minimum atomic E-state index is 0.101. The highest BCUT2D eigenvalue weighted by atomic mass is 32.2. The Morgan fingerprint density at radius 3 is 2.62 bits per heavy atom. The van der Waals surface area contributed by atoms with Gasteiger partial charge in [-0.25, -0.2) is 0 Å². The monoisotopic (exact) mass is 305 g/mol. The second kappa shape index (κ2) is 7.88. The number of nitrogens with one attached hydrogen (secondary N) is 1. The first kappa shape index (κ1) is 16.4. The predicted molar refractivity (Wildman–Crippen MR) is 91.8 cm³/mol. The molecule has 0 aromatic heterocycles. The van der Waals surface area contributed by atoms with Crippen LogP contribution >= 0.6 is 11.8 Å². The SMILES string of the molecule is CC(C)CSCC(=O)NC(C)c1ccc2c(c1)CCCC2. The average Bonchev–Trinajstić information content (AvgIpc) is 2.46. The third kappa shape index (κ3) is 5.06. The van der Waals surface area contributed by atoms with Crippen molar-refractivity contribution in [3.05, 3.63) is 34.9 Å². The molecule has 1 unspecified atom stereocenters. The lowest BCUT2D eigenvalue weighted by Gasteiger charge is -2.20. The number of benzene rings is 1. The van der Waals surface area contributed by atoms with Crippen LogP contribution in [0.15, 0.2) is 18.2 Å². The molecule has 0 saturated heterocycles. The molecule has 1 aromatic rings. The van der Waals surface area contributed by atoms with Crippen molar-refractivity contribution >= 4 is 17.7 Å². The summed E-state index contributed by atoms with van der Waals surface area (Å²) in [5.74, 6) is 2.39. The van der Waals surface area contributed by atoms with Crippen molar-refractivity contribution in [1.29, 1.82) is 0 Å². The van der Waals surface area contributed by atoms with E-state index in [1.165, 1.54) is 42.4 Å². The number of rotatable bonds is 6. The highest BCUT2D eigenvalue weighted by molar-refractivity contribution is 7.99. The Labute approximate surface area is 133 Å². The van der Waals surface area contributed by atoms with Crippen LogP contribution in [0.3, 0.4) is 0 Å². The molecule has 0 spiro atoms.